The van der Waals surface area contributed by atoms with Crippen molar-refractivity contribution in [2.24, 2.45) is 0 Å². The Labute approximate surface area is 123 Å². The van der Waals surface area contributed by atoms with Gasteiger partial charge in [-0.2, -0.15) is 0 Å². The van der Waals surface area contributed by atoms with E-state index in [2.05, 4.69) is 20.9 Å². The smallest absolute Gasteiger partial charge is 0.127 e. The lowest BCUT2D eigenvalue weighted by atomic mass is 10.2. The maximum Gasteiger partial charge on any atom is 0.127 e. The highest BCUT2D eigenvalue weighted by atomic mass is 79.9. The van der Waals surface area contributed by atoms with E-state index in [0.29, 0.717) is 0 Å². The average Bonchev–Trinajstić information content (AvgIpc) is 2.89. The first-order valence-corrected chi connectivity index (χ1v) is 7.42. The molecule has 0 bridgehead atoms. The van der Waals surface area contributed by atoms with Crippen molar-refractivity contribution >= 4 is 27.3 Å². The van der Waals surface area contributed by atoms with Crippen molar-refractivity contribution in [2.45, 2.75) is 0 Å². The Kier molecular flexibility index (Phi) is 3.36. The van der Waals surface area contributed by atoms with Crippen LogP contribution in [0.2, 0.25) is 0 Å². The van der Waals surface area contributed by atoms with Gasteiger partial charge in [-0.15, -0.1) is 11.3 Å². The van der Waals surface area contributed by atoms with Crippen LogP contribution in [0, 0.1) is 0 Å². The third kappa shape index (κ3) is 2.41. The number of aromatic nitrogens is 1. The van der Waals surface area contributed by atoms with Gasteiger partial charge >= 0.3 is 0 Å². The molecule has 0 atom stereocenters. The van der Waals surface area contributed by atoms with Gasteiger partial charge in [0.25, 0.3) is 0 Å². The second-order valence-corrected chi connectivity index (χ2v) is 5.75. The van der Waals surface area contributed by atoms with E-state index in [1.54, 1.807) is 12.1 Å². The molecule has 0 unspecified atom stereocenters. The minimum Gasteiger partial charge on any atom is -0.507 e. The van der Waals surface area contributed by atoms with Gasteiger partial charge in [-0.05, 0) is 18.2 Å². The van der Waals surface area contributed by atoms with Crippen molar-refractivity contribution < 1.29 is 5.11 Å². The van der Waals surface area contributed by atoms with Crippen LogP contribution >= 0.6 is 27.3 Å². The number of hydrogen-bond donors (Lipinski definition) is 1. The van der Waals surface area contributed by atoms with E-state index < -0.39 is 0 Å². The average molecular weight is 332 g/mol. The van der Waals surface area contributed by atoms with E-state index in [0.717, 1.165) is 26.3 Å². The molecule has 0 aliphatic carbocycles. The van der Waals surface area contributed by atoms with Crippen LogP contribution in [0.1, 0.15) is 0 Å². The summed E-state index contributed by atoms with van der Waals surface area (Å²) in [4.78, 5) is 4.60. The number of nitrogens with zero attached hydrogens (tertiary/aromatic N) is 1. The highest BCUT2D eigenvalue weighted by molar-refractivity contribution is 9.10. The number of phenolic OH excluding ortho intramolecular Hbond substituents is 1. The van der Waals surface area contributed by atoms with Gasteiger partial charge in [0, 0.05) is 15.4 Å². The number of rotatable bonds is 2. The molecular formula is C15H10BrNOS. The predicted octanol–water partition coefficient (Wildman–Crippen LogP) is 4.95. The van der Waals surface area contributed by atoms with Crippen molar-refractivity contribution in [3.8, 4) is 27.6 Å². The molecule has 0 saturated carbocycles. The van der Waals surface area contributed by atoms with Crippen LogP contribution in [0.25, 0.3) is 21.8 Å². The Bertz CT molecular complexity index is 663. The van der Waals surface area contributed by atoms with Crippen LogP contribution in [0.3, 0.4) is 0 Å². The fourth-order valence-electron chi connectivity index (χ4n) is 1.84. The summed E-state index contributed by atoms with van der Waals surface area (Å²) in [5, 5.41) is 12.7. The molecule has 1 aromatic heterocycles. The van der Waals surface area contributed by atoms with Crippen LogP contribution in [0.4, 0.5) is 0 Å². The number of para-hydroxylation sites is 1. The van der Waals surface area contributed by atoms with Gasteiger partial charge in [-0.3, -0.25) is 0 Å². The summed E-state index contributed by atoms with van der Waals surface area (Å²) in [5.41, 5.74) is 2.74. The highest BCUT2D eigenvalue weighted by Gasteiger charge is 2.11. The normalized spacial score (nSPS) is 10.6. The maximum absolute atomic E-state index is 9.86. The quantitative estimate of drug-likeness (QED) is 0.721. The lowest BCUT2D eigenvalue weighted by Crippen LogP contribution is -1.81. The zero-order chi connectivity index (χ0) is 13.2. The molecule has 0 spiro atoms. The Morgan fingerprint density at radius 2 is 1.63 bits per heavy atom. The molecule has 0 aliphatic heterocycles. The molecular weight excluding hydrogens is 322 g/mol. The lowest BCUT2D eigenvalue weighted by Gasteiger charge is -2.01. The number of phenols is 1. The van der Waals surface area contributed by atoms with Crippen molar-refractivity contribution in [1.29, 1.82) is 0 Å². The largest absolute Gasteiger partial charge is 0.507 e. The number of hydrogen-bond acceptors (Lipinski definition) is 3. The molecule has 19 heavy (non-hydrogen) atoms. The van der Waals surface area contributed by atoms with Crippen LogP contribution in [0.5, 0.6) is 5.75 Å². The van der Waals surface area contributed by atoms with Crippen molar-refractivity contribution in [2.75, 3.05) is 0 Å². The van der Waals surface area contributed by atoms with E-state index in [1.165, 1.54) is 11.3 Å². The van der Waals surface area contributed by atoms with Crippen molar-refractivity contribution in [3.05, 3.63) is 58.4 Å². The van der Waals surface area contributed by atoms with Crippen molar-refractivity contribution in [3.63, 3.8) is 0 Å². The Balaban J connectivity index is 2.06. The molecule has 2 aromatic carbocycles. The van der Waals surface area contributed by atoms with E-state index in [9.17, 15) is 5.11 Å². The number of halogens is 1. The third-order valence-corrected chi connectivity index (χ3v) is 4.36. The van der Waals surface area contributed by atoms with E-state index in [4.69, 9.17) is 0 Å². The molecule has 3 aromatic rings. The van der Waals surface area contributed by atoms with Crippen molar-refractivity contribution in [1.82, 2.24) is 4.98 Å². The summed E-state index contributed by atoms with van der Waals surface area (Å²) >= 11 is 5.06. The highest BCUT2D eigenvalue weighted by Crippen LogP contribution is 2.35. The number of benzene rings is 2. The Morgan fingerprint density at radius 3 is 2.37 bits per heavy atom. The van der Waals surface area contributed by atoms with E-state index in [1.807, 2.05) is 41.8 Å². The van der Waals surface area contributed by atoms with Gasteiger partial charge in [0.15, 0.2) is 0 Å². The van der Waals surface area contributed by atoms with Gasteiger partial charge in [0.2, 0.25) is 0 Å². The fraction of sp³-hybridized carbons (Fsp3) is 0. The van der Waals surface area contributed by atoms with Crippen LogP contribution in [-0.2, 0) is 0 Å². The Hall–Kier alpha value is -1.65. The zero-order valence-electron chi connectivity index (χ0n) is 9.88. The van der Waals surface area contributed by atoms with Crippen LogP contribution in [-0.4, -0.2) is 10.1 Å². The summed E-state index contributed by atoms with van der Waals surface area (Å²) in [6.45, 7) is 0. The third-order valence-electron chi connectivity index (χ3n) is 2.79. The molecule has 0 saturated heterocycles. The molecule has 0 amide bonds. The van der Waals surface area contributed by atoms with Gasteiger partial charge in [-0.1, -0.05) is 46.3 Å². The minimum absolute atomic E-state index is 0.260. The van der Waals surface area contributed by atoms with Gasteiger partial charge < -0.3 is 5.11 Å². The second kappa shape index (κ2) is 5.15. The zero-order valence-corrected chi connectivity index (χ0v) is 12.3. The van der Waals surface area contributed by atoms with E-state index in [-0.39, 0.29) is 5.75 Å². The number of aromatic hydroxyl groups is 1. The molecule has 1 N–H and O–H groups in total. The summed E-state index contributed by atoms with van der Waals surface area (Å²) in [5.74, 6) is 0.260. The molecule has 94 valence electrons. The molecule has 4 heteroatoms. The van der Waals surface area contributed by atoms with Crippen LogP contribution < -0.4 is 0 Å². The fourth-order valence-corrected chi connectivity index (χ4v) is 3.19. The van der Waals surface area contributed by atoms with E-state index >= 15 is 0 Å². The Morgan fingerprint density at radius 1 is 0.947 bits per heavy atom. The summed E-state index contributed by atoms with van der Waals surface area (Å²) in [6, 6.07) is 15.2. The maximum atomic E-state index is 9.86. The topological polar surface area (TPSA) is 33.1 Å². The monoisotopic (exact) mass is 331 g/mol. The summed E-state index contributed by atoms with van der Waals surface area (Å²) in [6.07, 6.45) is 0. The van der Waals surface area contributed by atoms with Gasteiger partial charge in [0.1, 0.15) is 10.8 Å². The van der Waals surface area contributed by atoms with Gasteiger partial charge in [-0.25, -0.2) is 4.98 Å². The first-order valence-electron chi connectivity index (χ1n) is 5.74. The standard InChI is InChI=1S/C15H10BrNOS/c16-12-7-3-1-5-10(12)13-9-19-15(17-13)11-6-2-4-8-14(11)18/h1-9,18H. The molecule has 0 aliphatic rings. The number of thiazole rings is 1. The molecule has 1 heterocycles. The first kappa shape index (κ1) is 12.4. The molecule has 3 rings (SSSR count). The van der Waals surface area contributed by atoms with Crippen LogP contribution in [0.15, 0.2) is 58.4 Å². The summed E-state index contributed by atoms with van der Waals surface area (Å²) in [7, 11) is 0. The van der Waals surface area contributed by atoms with Gasteiger partial charge in [0.05, 0.1) is 11.3 Å². The molecule has 0 radical (unpaired) electrons. The SMILES string of the molecule is Oc1ccccc1-c1nc(-c2ccccc2Br)cs1. The minimum atomic E-state index is 0.260. The lowest BCUT2D eigenvalue weighted by molar-refractivity contribution is 0.477. The predicted molar refractivity (Wildman–Crippen MR) is 82.4 cm³/mol. The molecule has 0 fully saturated rings. The summed E-state index contributed by atoms with van der Waals surface area (Å²) < 4.78 is 1.02. The first-order chi connectivity index (χ1) is 9.25. The second-order valence-electron chi connectivity index (χ2n) is 4.03. The molecule has 2 nitrogen and oxygen atoms in total.